The second kappa shape index (κ2) is 7.93. The van der Waals surface area contributed by atoms with E-state index >= 15 is 0 Å². The minimum Gasteiger partial charge on any atom is -0.502 e. The molecular formula is C16H19N3O5S. The lowest BCUT2D eigenvalue weighted by Gasteiger charge is -2.31. The zero-order valence-corrected chi connectivity index (χ0v) is 14.7. The van der Waals surface area contributed by atoms with Gasteiger partial charge >= 0.3 is 11.7 Å². The molecule has 8 nitrogen and oxygen atoms in total. The molecular weight excluding hydrogens is 346 g/mol. The van der Waals surface area contributed by atoms with Crippen molar-refractivity contribution >= 4 is 29.0 Å². The van der Waals surface area contributed by atoms with Crippen LogP contribution in [0.2, 0.25) is 0 Å². The Morgan fingerprint density at radius 2 is 2.16 bits per heavy atom. The van der Waals surface area contributed by atoms with Gasteiger partial charge in [0.25, 0.3) is 0 Å². The Hall–Kier alpha value is -2.68. The maximum Gasteiger partial charge on any atom is 0.338 e. The molecule has 134 valence electrons. The van der Waals surface area contributed by atoms with Gasteiger partial charge in [0.15, 0.2) is 10.9 Å². The van der Waals surface area contributed by atoms with Gasteiger partial charge < -0.3 is 20.5 Å². The zero-order chi connectivity index (χ0) is 18.6. The summed E-state index contributed by atoms with van der Waals surface area (Å²) in [5.74, 6) is -0.963. The summed E-state index contributed by atoms with van der Waals surface area (Å²) in [6, 6.07) is 3.26. The molecule has 0 spiro atoms. The first-order valence-corrected chi connectivity index (χ1v) is 8.24. The minimum absolute atomic E-state index is 0.203. The summed E-state index contributed by atoms with van der Waals surface area (Å²) in [5, 5.41) is 27.0. The molecule has 0 aromatic heterocycles. The maximum absolute atomic E-state index is 12.5. The number of hydrogen-bond donors (Lipinski definition) is 3. The second-order valence-electron chi connectivity index (χ2n) is 5.40. The predicted molar refractivity (Wildman–Crippen MR) is 94.9 cm³/mol. The molecule has 1 aromatic carbocycles. The molecule has 9 heteroatoms. The Kier molecular flexibility index (Phi) is 5.92. The summed E-state index contributed by atoms with van der Waals surface area (Å²) >= 11 is 5.20. The molecule has 1 aromatic rings. The number of phenolic OH excluding ortho intramolecular Hbond substituents is 1. The average Bonchev–Trinajstić information content (AvgIpc) is 2.55. The number of aromatic hydroxyl groups is 1. The van der Waals surface area contributed by atoms with Crippen LogP contribution in [0.5, 0.6) is 5.75 Å². The van der Waals surface area contributed by atoms with E-state index < -0.39 is 28.4 Å². The molecule has 2 rings (SSSR count). The number of benzene rings is 1. The highest BCUT2D eigenvalue weighted by Crippen LogP contribution is 2.34. The number of esters is 1. The van der Waals surface area contributed by atoms with Crippen molar-refractivity contribution in [2.45, 2.75) is 32.7 Å². The number of carbonyl (C=O) groups is 1. The normalized spacial score (nSPS) is 16.9. The van der Waals surface area contributed by atoms with Gasteiger partial charge in [0.2, 0.25) is 0 Å². The van der Waals surface area contributed by atoms with E-state index in [4.69, 9.17) is 17.0 Å². The number of rotatable bonds is 6. The maximum atomic E-state index is 12.5. The van der Waals surface area contributed by atoms with Crippen LogP contribution in [0, 0.1) is 10.1 Å². The van der Waals surface area contributed by atoms with Crippen molar-refractivity contribution in [3.05, 3.63) is 45.1 Å². The van der Waals surface area contributed by atoms with E-state index in [0.29, 0.717) is 28.4 Å². The average molecular weight is 365 g/mol. The van der Waals surface area contributed by atoms with Gasteiger partial charge in [0, 0.05) is 11.8 Å². The largest absolute Gasteiger partial charge is 0.502 e. The van der Waals surface area contributed by atoms with Crippen LogP contribution in [-0.2, 0) is 9.53 Å². The molecule has 0 aliphatic carbocycles. The van der Waals surface area contributed by atoms with E-state index in [9.17, 15) is 20.0 Å². The van der Waals surface area contributed by atoms with Gasteiger partial charge in [-0.05, 0) is 37.2 Å². The van der Waals surface area contributed by atoms with Crippen LogP contribution >= 0.6 is 12.2 Å². The van der Waals surface area contributed by atoms with Crippen molar-refractivity contribution in [1.29, 1.82) is 0 Å². The lowest BCUT2D eigenvalue weighted by atomic mass is 9.93. The van der Waals surface area contributed by atoms with Crippen LogP contribution in [0.3, 0.4) is 0 Å². The number of phenols is 1. The summed E-state index contributed by atoms with van der Waals surface area (Å²) in [7, 11) is 0. The highest BCUT2D eigenvalue weighted by Gasteiger charge is 2.33. The molecule has 3 N–H and O–H groups in total. The Bertz CT molecular complexity index is 747. The fourth-order valence-corrected chi connectivity index (χ4v) is 2.87. The number of nitrogens with zero attached hydrogens (tertiary/aromatic N) is 1. The lowest BCUT2D eigenvalue weighted by molar-refractivity contribution is -0.385. The second-order valence-corrected chi connectivity index (χ2v) is 5.81. The van der Waals surface area contributed by atoms with Crippen LogP contribution < -0.4 is 10.6 Å². The predicted octanol–water partition coefficient (Wildman–Crippen LogP) is 2.44. The quantitative estimate of drug-likeness (QED) is 0.305. The van der Waals surface area contributed by atoms with Gasteiger partial charge in [-0.2, -0.15) is 0 Å². The molecule has 0 amide bonds. The number of carbonyl (C=O) groups excluding carboxylic acids is 1. The van der Waals surface area contributed by atoms with Crippen molar-refractivity contribution < 1.29 is 19.6 Å². The molecule has 1 unspecified atom stereocenters. The van der Waals surface area contributed by atoms with Gasteiger partial charge in [-0.15, -0.1) is 0 Å². The summed E-state index contributed by atoms with van der Waals surface area (Å²) in [5.41, 5.74) is 0.955. The SMILES string of the molecule is CCCC1=C(C(=O)OCC)C(c2ccc(O)c([N+](=O)[O-])c2)NC(=S)N1. The number of hydrogen-bond acceptors (Lipinski definition) is 6. The number of thiocarbonyl (C=S) groups is 1. The van der Waals surface area contributed by atoms with E-state index in [-0.39, 0.29) is 6.61 Å². The standard InChI is InChI=1S/C16H19N3O5S/c1-3-5-10-13(15(21)24-4-2)14(18-16(25)17-10)9-6-7-12(20)11(8-9)19(22)23/h6-8,14,20H,3-5H2,1-2H3,(H2,17,18,25). The third kappa shape index (κ3) is 4.05. The van der Waals surface area contributed by atoms with Crippen molar-refractivity contribution in [1.82, 2.24) is 10.6 Å². The number of nitro groups is 1. The highest BCUT2D eigenvalue weighted by atomic mass is 32.1. The molecule has 0 bridgehead atoms. The van der Waals surface area contributed by atoms with Crippen molar-refractivity contribution in [2.24, 2.45) is 0 Å². The first-order valence-electron chi connectivity index (χ1n) is 7.84. The summed E-state index contributed by atoms with van der Waals surface area (Å²) in [6.45, 7) is 3.87. The van der Waals surface area contributed by atoms with E-state index in [1.54, 1.807) is 6.92 Å². The molecule has 25 heavy (non-hydrogen) atoms. The number of nitro benzene ring substituents is 1. The smallest absolute Gasteiger partial charge is 0.338 e. The van der Waals surface area contributed by atoms with Crippen LogP contribution in [0.25, 0.3) is 0 Å². The van der Waals surface area contributed by atoms with E-state index in [2.05, 4.69) is 10.6 Å². The van der Waals surface area contributed by atoms with Gasteiger partial charge in [-0.3, -0.25) is 10.1 Å². The molecule has 0 radical (unpaired) electrons. The van der Waals surface area contributed by atoms with Gasteiger partial charge in [-0.1, -0.05) is 19.4 Å². The van der Waals surface area contributed by atoms with Gasteiger partial charge in [-0.25, -0.2) is 4.79 Å². The molecule has 1 aliphatic rings. The van der Waals surface area contributed by atoms with E-state index in [0.717, 1.165) is 6.42 Å². The third-order valence-corrected chi connectivity index (χ3v) is 3.90. The van der Waals surface area contributed by atoms with Crippen LogP contribution in [0.15, 0.2) is 29.5 Å². The van der Waals surface area contributed by atoms with E-state index in [1.807, 2.05) is 6.92 Å². The summed E-state index contributed by atoms with van der Waals surface area (Å²) < 4.78 is 5.14. The van der Waals surface area contributed by atoms with Crippen molar-refractivity contribution in [3.8, 4) is 5.75 Å². The van der Waals surface area contributed by atoms with Crippen LogP contribution in [0.1, 0.15) is 38.3 Å². The molecule has 0 saturated heterocycles. The van der Waals surface area contributed by atoms with E-state index in [1.165, 1.54) is 18.2 Å². The zero-order valence-electron chi connectivity index (χ0n) is 13.9. The Morgan fingerprint density at radius 1 is 1.44 bits per heavy atom. The Labute approximate surface area is 150 Å². The Balaban J connectivity index is 2.57. The first kappa shape index (κ1) is 18.7. The molecule has 1 heterocycles. The summed E-state index contributed by atoms with van der Waals surface area (Å²) in [4.78, 5) is 22.9. The number of allylic oxidation sites excluding steroid dienone is 1. The fourth-order valence-electron chi connectivity index (χ4n) is 2.63. The third-order valence-electron chi connectivity index (χ3n) is 3.68. The number of nitrogens with one attached hydrogen (secondary N) is 2. The lowest BCUT2D eigenvalue weighted by Crippen LogP contribution is -2.45. The van der Waals surface area contributed by atoms with Crippen molar-refractivity contribution in [3.63, 3.8) is 0 Å². The topological polar surface area (TPSA) is 114 Å². The van der Waals surface area contributed by atoms with Crippen LogP contribution in [-0.4, -0.2) is 27.7 Å². The fraction of sp³-hybridized carbons (Fsp3) is 0.375. The molecule has 0 fully saturated rings. The molecule has 0 saturated carbocycles. The van der Waals surface area contributed by atoms with Gasteiger partial charge in [0.05, 0.1) is 23.1 Å². The Morgan fingerprint density at radius 3 is 2.76 bits per heavy atom. The van der Waals surface area contributed by atoms with Gasteiger partial charge in [0.1, 0.15) is 0 Å². The molecule has 1 atom stereocenters. The minimum atomic E-state index is -0.700. The monoisotopic (exact) mass is 365 g/mol. The highest BCUT2D eigenvalue weighted by molar-refractivity contribution is 7.80. The summed E-state index contributed by atoms with van der Waals surface area (Å²) in [6.07, 6.45) is 1.35. The van der Waals surface area contributed by atoms with Crippen molar-refractivity contribution in [2.75, 3.05) is 6.61 Å². The molecule has 1 aliphatic heterocycles. The van der Waals surface area contributed by atoms with Crippen LogP contribution in [0.4, 0.5) is 5.69 Å². The number of ether oxygens (including phenoxy) is 1. The first-order chi connectivity index (χ1) is 11.9.